The van der Waals surface area contributed by atoms with E-state index in [9.17, 15) is 0 Å². The van der Waals surface area contributed by atoms with Crippen LogP contribution in [0.3, 0.4) is 0 Å². The fourth-order valence-corrected chi connectivity index (χ4v) is 3.34. The van der Waals surface area contributed by atoms with Crippen LogP contribution in [0.5, 0.6) is 17.2 Å². The molecule has 2 aromatic heterocycles. The van der Waals surface area contributed by atoms with E-state index >= 15 is 0 Å². The van der Waals surface area contributed by atoms with Gasteiger partial charge in [-0.25, -0.2) is 9.97 Å². The van der Waals surface area contributed by atoms with Gasteiger partial charge < -0.3 is 36.1 Å². The predicted molar refractivity (Wildman–Crippen MR) is 142 cm³/mol. The smallest absolute Gasteiger partial charge is 0.222 e. The molecule has 5 N–H and O–H groups in total. The Morgan fingerprint density at radius 2 is 1.70 bits per heavy atom. The van der Waals surface area contributed by atoms with Gasteiger partial charge >= 0.3 is 0 Å². The number of nitrogens with one attached hydrogen (secondary N) is 2. The summed E-state index contributed by atoms with van der Waals surface area (Å²) >= 11 is 5.61. The first-order valence-corrected chi connectivity index (χ1v) is 11.4. The Balaban J connectivity index is 0.000000369. The van der Waals surface area contributed by atoms with Gasteiger partial charge in [0.15, 0.2) is 17.3 Å². The zero-order valence-corrected chi connectivity index (χ0v) is 24.1. The summed E-state index contributed by atoms with van der Waals surface area (Å²) < 4.78 is 15.5. The molecule has 196 valence electrons. The molecule has 0 atom stereocenters. The molecule has 4 aromatic rings. The molecule has 2 heterocycles. The number of fused-ring (bicyclic) bond motifs is 1. The van der Waals surface area contributed by atoms with Gasteiger partial charge in [0.1, 0.15) is 11.3 Å². The normalized spacial score (nSPS) is 10.1. The van der Waals surface area contributed by atoms with Gasteiger partial charge in [0, 0.05) is 44.8 Å². The number of aliphatic hydroxyl groups excluding tert-OH is 1. The first-order valence-electron chi connectivity index (χ1n) is 11.0. The quantitative estimate of drug-likeness (QED) is 0.210. The Kier molecular flexibility index (Phi) is 12.3. The van der Waals surface area contributed by atoms with Crippen LogP contribution in [0.4, 0.5) is 11.8 Å². The number of benzene rings is 2. The fraction of sp³-hybridized carbons (Fsp3) is 0.240. The van der Waals surface area contributed by atoms with Gasteiger partial charge in [-0.15, -0.1) is 0 Å². The number of pyridine rings is 1. The minimum Gasteiger partial charge on any atom is -0.644 e. The summed E-state index contributed by atoms with van der Waals surface area (Å²) in [6.07, 6.45) is 0.598. The number of ether oxygens (including phenoxy) is 3. The van der Waals surface area contributed by atoms with Crippen LogP contribution < -0.4 is 25.3 Å². The first kappa shape index (κ1) is 30.1. The maximum absolute atomic E-state index is 8.96. The Morgan fingerprint density at radius 3 is 2.35 bits per heavy atom. The molecule has 0 aliphatic heterocycles. The molecule has 0 amide bonds. The van der Waals surface area contributed by atoms with Crippen LogP contribution in [0, 0.1) is 0 Å². The van der Waals surface area contributed by atoms with E-state index in [1.165, 1.54) is 0 Å². The molecule has 0 saturated carbocycles. The summed E-state index contributed by atoms with van der Waals surface area (Å²) in [5.41, 5.74) is 15.4. The van der Waals surface area contributed by atoms with E-state index in [4.69, 9.17) is 47.4 Å². The van der Waals surface area contributed by atoms with E-state index < -0.39 is 0 Å². The third-order valence-electron chi connectivity index (χ3n) is 4.92. The average molecular weight is 696 g/mol. The van der Waals surface area contributed by atoms with Gasteiger partial charge in [-0.05, 0) is 67.7 Å². The number of halogens is 1. The summed E-state index contributed by atoms with van der Waals surface area (Å²) in [6.45, 7) is 0.599. The SMILES string of the molecule is COc1ccc(-c2ccc3nc(N)nc(NCCCO)c3n2)cc1OC.[NH-]COc1ccc(Cl)cc1.[W]. The standard InChI is InChI=1S/C18H21N5O3.C7H7ClNO.W/c1-25-14-7-4-11(10-15(14)26-2)12-5-6-13-16(21-12)17(20-8-3-9-24)23-18(19)22-13;8-6-1-3-7(4-2-6)10-5-9;/h4-7,10,24H,3,8-9H2,1-2H3,(H3,19,20,22,23);1-4,9H,5H2;/q;-1;. The Morgan fingerprint density at radius 1 is 0.973 bits per heavy atom. The number of aliphatic hydroxyl groups is 1. The monoisotopic (exact) mass is 695 g/mol. The summed E-state index contributed by atoms with van der Waals surface area (Å²) in [4.78, 5) is 13.2. The van der Waals surface area contributed by atoms with Crippen molar-refractivity contribution in [2.75, 3.05) is 45.2 Å². The van der Waals surface area contributed by atoms with Crippen LogP contribution in [0.2, 0.25) is 5.02 Å². The van der Waals surface area contributed by atoms with E-state index in [2.05, 4.69) is 15.3 Å². The first-order chi connectivity index (χ1) is 17.5. The summed E-state index contributed by atoms with van der Waals surface area (Å²) in [5, 5.41) is 12.8. The number of rotatable bonds is 9. The minimum atomic E-state index is -0.0539. The number of hydrogen-bond donors (Lipinski definition) is 3. The number of nitrogens with zero attached hydrogens (tertiary/aromatic N) is 3. The second-order valence-electron chi connectivity index (χ2n) is 7.31. The number of methoxy groups -OCH3 is 2. The van der Waals surface area contributed by atoms with Gasteiger partial charge in [0.2, 0.25) is 5.95 Å². The zero-order valence-electron chi connectivity index (χ0n) is 20.4. The van der Waals surface area contributed by atoms with Gasteiger partial charge in [-0.3, -0.25) is 0 Å². The number of aromatic nitrogens is 3. The molecular formula is C25H28ClN6O4W-. The molecular weight excluding hydrogens is 668 g/mol. The topological polar surface area (TPSA) is 148 Å². The summed E-state index contributed by atoms with van der Waals surface area (Å²) in [5.74, 6) is 2.67. The molecule has 0 bridgehead atoms. The largest absolute Gasteiger partial charge is 0.644 e. The third-order valence-corrected chi connectivity index (χ3v) is 5.17. The van der Waals surface area contributed by atoms with E-state index in [0.717, 1.165) is 11.3 Å². The number of nitrogen functional groups attached to an aromatic ring is 1. The zero-order chi connectivity index (χ0) is 25.9. The van der Waals surface area contributed by atoms with Crippen molar-refractivity contribution in [1.82, 2.24) is 15.0 Å². The molecule has 2 aromatic carbocycles. The molecule has 0 spiro atoms. The molecule has 37 heavy (non-hydrogen) atoms. The number of hydrogen-bond acceptors (Lipinski definition) is 9. The van der Waals surface area contributed by atoms with Crippen LogP contribution in [0.25, 0.3) is 28.0 Å². The van der Waals surface area contributed by atoms with E-state index in [1.54, 1.807) is 38.5 Å². The van der Waals surface area contributed by atoms with Crippen LogP contribution in [-0.4, -0.2) is 54.2 Å². The van der Waals surface area contributed by atoms with E-state index in [0.29, 0.717) is 52.1 Å². The number of nitrogens with two attached hydrogens (primary N) is 1. The van der Waals surface area contributed by atoms with Crippen molar-refractivity contribution in [3.63, 3.8) is 0 Å². The Bertz CT molecular complexity index is 1280. The molecule has 0 fully saturated rings. The molecule has 0 radical (unpaired) electrons. The van der Waals surface area contributed by atoms with Crippen molar-refractivity contribution < 1.29 is 40.4 Å². The van der Waals surface area contributed by atoms with Gasteiger partial charge in [-0.2, -0.15) is 4.98 Å². The van der Waals surface area contributed by atoms with Crippen molar-refractivity contribution >= 4 is 34.4 Å². The number of anilines is 2. The molecule has 10 nitrogen and oxygen atoms in total. The Labute approximate surface area is 234 Å². The maximum Gasteiger partial charge on any atom is 0.222 e. The average Bonchev–Trinajstić information content (AvgIpc) is 2.90. The molecule has 0 aliphatic rings. The predicted octanol–water partition coefficient (Wildman–Crippen LogP) is 4.81. The van der Waals surface area contributed by atoms with Crippen molar-refractivity contribution in [1.29, 1.82) is 0 Å². The molecule has 0 unspecified atom stereocenters. The third kappa shape index (κ3) is 8.43. The van der Waals surface area contributed by atoms with Gasteiger partial charge in [-0.1, -0.05) is 11.6 Å². The van der Waals surface area contributed by atoms with Crippen LogP contribution >= 0.6 is 11.6 Å². The molecule has 0 aliphatic carbocycles. The molecule has 0 saturated heterocycles. The van der Waals surface area contributed by atoms with Crippen molar-refractivity contribution in [3.8, 4) is 28.5 Å². The van der Waals surface area contributed by atoms with Crippen LogP contribution in [0.1, 0.15) is 6.42 Å². The van der Waals surface area contributed by atoms with Crippen LogP contribution in [0.15, 0.2) is 54.6 Å². The van der Waals surface area contributed by atoms with E-state index in [-0.39, 0.29) is 40.4 Å². The second kappa shape index (κ2) is 15.2. The van der Waals surface area contributed by atoms with Gasteiger partial charge in [0.05, 0.1) is 25.4 Å². The minimum absolute atomic E-state index is 0. The Hall–Kier alpha value is -3.17. The maximum atomic E-state index is 8.96. The van der Waals surface area contributed by atoms with Crippen LogP contribution in [-0.2, 0) is 21.1 Å². The summed E-state index contributed by atoms with van der Waals surface area (Å²) in [6, 6.07) is 16.3. The van der Waals surface area contributed by atoms with Gasteiger partial charge in [0.25, 0.3) is 0 Å². The van der Waals surface area contributed by atoms with Crippen molar-refractivity contribution in [3.05, 3.63) is 65.4 Å². The molecule has 4 rings (SSSR count). The molecule has 12 heteroatoms. The fourth-order valence-electron chi connectivity index (χ4n) is 3.21. The van der Waals surface area contributed by atoms with Crippen molar-refractivity contribution in [2.24, 2.45) is 0 Å². The summed E-state index contributed by atoms with van der Waals surface area (Å²) in [7, 11) is 3.19. The van der Waals surface area contributed by atoms with Crippen molar-refractivity contribution in [2.45, 2.75) is 6.42 Å². The second-order valence-corrected chi connectivity index (χ2v) is 7.75. The van der Waals surface area contributed by atoms with E-state index in [1.807, 2.05) is 30.3 Å².